The Kier molecular flexibility index (Phi) is 3.68. The van der Waals surface area contributed by atoms with Crippen molar-refractivity contribution in [1.82, 2.24) is 4.98 Å². The summed E-state index contributed by atoms with van der Waals surface area (Å²) < 4.78 is 0. The van der Waals surface area contributed by atoms with Gasteiger partial charge in [0.15, 0.2) is 0 Å². The van der Waals surface area contributed by atoms with Crippen molar-refractivity contribution in [2.45, 2.75) is 0 Å². The first-order valence-corrected chi connectivity index (χ1v) is 6.87. The number of hydrogen-bond acceptors (Lipinski definition) is 2. The summed E-state index contributed by atoms with van der Waals surface area (Å²) >= 11 is 5.99. The molecule has 3 aromatic rings. The molecule has 0 saturated heterocycles. The van der Waals surface area contributed by atoms with E-state index >= 15 is 0 Å². The van der Waals surface area contributed by atoms with Gasteiger partial charge in [-0.25, -0.2) is 4.98 Å². The van der Waals surface area contributed by atoms with E-state index in [-0.39, 0.29) is 0 Å². The second-order valence-corrected chi connectivity index (χ2v) is 5.08. The maximum Gasteiger partial charge on any atom is 0.0991 e. The second-order valence-electron chi connectivity index (χ2n) is 4.64. The van der Waals surface area contributed by atoms with Crippen LogP contribution < -0.4 is 0 Å². The third kappa shape index (κ3) is 3.10. The molecular formula is C18H11ClN2. The molecule has 100 valence electrons. The molecule has 1 aromatic heterocycles. The van der Waals surface area contributed by atoms with Gasteiger partial charge in [-0.2, -0.15) is 5.26 Å². The Morgan fingerprint density at radius 2 is 1.71 bits per heavy atom. The van der Waals surface area contributed by atoms with Crippen molar-refractivity contribution in [2.24, 2.45) is 0 Å². The highest BCUT2D eigenvalue weighted by Crippen LogP contribution is 2.18. The first kappa shape index (κ1) is 13.4. The minimum Gasteiger partial charge on any atom is -0.248 e. The molecule has 0 unspecified atom stereocenters. The number of nitriles is 1. The van der Waals surface area contributed by atoms with Crippen LogP contribution >= 0.6 is 11.6 Å². The average Bonchev–Trinajstić information content (AvgIpc) is 2.53. The molecule has 0 aliphatic carbocycles. The van der Waals surface area contributed by atoms with E-state index in [0.29, 0.717) is 10.6 Å². The lowest BCUT2D eigenvalue weighted by Crippen LogP contribution is -1.83. The van der Waals surface area contributed by atoms with Crippen LogP contribution in [0.4, 0.5) is 0 Å². The molecule has 0 spiro atoms. The van der Waals surface area contributed by atoms with Gasteiger partial charge < -0.3 is 0 Å². The molecule has 0 aliphatic heterocycles. The Bertz CT molecular complexity index is 859. The summed E-state index contributed by atoms with van der Waals surface area (Å²) in [5.74, 6) is 0. The van der Waals surface area contributed by atoms with Crippen LogP contribution in [0.15, 0.2) is 54.6 Å². The van der Waals surface area contributed by atoms with Crippen molar-refractivity contribution in [2.75, 3.05) is 0 Å². The molecule has 0 fully saturated rings. The van der Waals surface area contributed by atoms with Gasteiger partial charge in [-0.3, -0.25) is 0 Å². The van der Waals surface area contributed by atoms with E-state index in [4.69, 9.17) is 16.9 Å². The van der Waals surface area contributed by atoms with Crippen molar-refractivity contribution in [3.8, 4) is 6.07 Å². The highest BCUT2D eigenvalue weighted by Gasteiger charge is 1.97. The molecule has 21 heavy (non-hydrogen) atoms. The lowest BCUT2D eigenvalue weighted by Gasteiger charge is -2.00. The summed E-state index contributed by atoms with van der Waals surface area (Å²) in [5, 5.41) is 10.5. The molecule has 0 bridgehead atoms. The number of nitrogens with zero attached hydrogens (tertiary/aromatic N) is 2. The molecule has 0 saturated carbocycles. The van der Waals surface area contributed by atoms with Crippen LogP contribution in [0.1, 0.15) is 16.8 Å². The fraction of sp³-hybridized carbons (Fsp3) is 0. The van der Waals surface area contributed by atoms with Gasteiger partial charge in [0.2, 0.25) is 0 Å². The van der Waals surface area contributed by atoms with Crippen LogP contribution in [0.3, 0.4) is 0 Å². The van der Waals surface area contributed by atoms with Crippen molar-refractivity contribution in [3.05, 3.63) is 76.4 Å². The Hall–Kier alpha value is -2.63. The fourth-order valence-corrected chi connectivity index (χ4v) is 2.22. The van der Waals surface area contributed by atoms with E-state index in [1.807, 2.05) is 54.6 Å². The van der Waals surface area contributed by atoms with E-state index in [9.17, 15) is 0 Å². The molecule has 0 atom stereocenters. The summed E-state index contributed by atoms with van der Waals surface area (Å²) in [6.45, 7) is 0. The van der Waals surface area contributed by atoms with E-state index in [1.54, 1.807) is 12.1 Å². The molecule has 3 rings (SSSR count). The van der Waals surface area contributed by atoms with Gasteiger partial charge in [0.1, 0.15) is 0 Å². The number of hydrogen-bond donors (Lipinski definition) is 0. The maximum absolute atomic E-state index is 8.77. The Morgan fingerprint density at radius 3 is 2.48 bits per heavy atom. The predicted octanol–water partition coefficient (Wildman–Crippen LogP) is 4.93. The SMILES string of the molecule is N#Cc1ccc(/C=C/c2ccc3ccc(Cl)cc3n2)cc1. The molecular weight excluding hydrogens is 280 g/mol. The Labute approximate surface area is 127 Å². The quantitative estimate of drug-likeness (QED) is 0.671. The minimum atomic E-state index is 0.658. The van der Waals surface area contributed by atoms with Gasteiger partial charge in [0.25, 0.3) is 0 Å². The van der Waals surface area contributed by atoms with Gasteiger partial charge in [0, 0.05) is 10.4 Å². The maximum atomic E-state index is 8.77. The van der Waals surface area contributed by atoms with E-state index in [1.165, 1.54) is 0 Å². The normalized spacial score (nSPS) is 10.9. The zero-order chi connectivity index (χ0) is 14.7. The van der Waals surface area contributed by atoms with Crippen LogP contribution in [-0.2, 0) is 0 Å². The number of halogens is 1. The van der Waals surface area contributed by atoms with Gasteiger partial charge in [-0.1, -0.05) is 41.9 Å². The number of rotatable bonds is 2. The van der Waals surface area contributed by atoms with E-state index in [0.717, 1.165) is 22.2 Å². The summed E-state index contributed by atoms with van der Waals surface area (Å²) in [4.78, 5) is 4.56. The number of fused-ring (bicyclic) bond motifs is 1. The highest BCUT2D eigenvalue weighted by molar-refractivity contribution is 6.31. The summed E-state index contributed by atoms with van der Waals surface area (Å²) in [6.07, 6.45) is 3.92. The van der Waals surface area contributed by atoms with Gasteiger partial charge >= 0.3 is 0 Å². The molecule has 3 heteroatoms. The molecule has 2 aromatic carbocycles. The second kappa shape index (κ2) is 5.78. The molecule has 2 nitrogen and oxygen atoms in total. The monoisotopic (exact) mass is 290 g/mol. The summed E-state index contributed by atoms with van der Waals surface area (Å²) in [6, 6.07) is 19.2. The van der Waals surface area contributed by atoms with Crippen LogP contribution in [0.2, 0.25) is 5.02 Å². The topological polar surface area (TPSA) is 36.7 Å². The molecule has 0 amide bonds. The van der Waals surface area contributed by atoms with Gasteiger partial charge in [-0.05, 0) is 42.0 Å². The molecule has 0 aliphatic rings. The standard InChI is InChI=1S/C18H11ClN2/c19-16-8-6-15-7-10-17(21-18(15)11-16)9-5-13-1-3-14(12-20)4-2-13/h1-11H/b9-5+. The summed E-state index contributed by atoms with van der Waals surface area (Å²) in [5.41, 5.74) is 3.44. The third-order valence-electron chi connectivity index (χ3n) is 3.16. The minimum absolute atomic E-state index is 0.658. The van der Waals surface area contributed by atoms with Crippen LogP contribution in [-0.4, -0.2) is 4.98 Å². The Morgan fingerprint density at radius 1 is 0.952 bits per heavy atom. The van der Waals surface area contributed by atoms with E-state index < -0.39 is 0 Å². The zero-order valence-corrected chi connectivity index (χ0v) is 11.9. The largest absolute Gasteiger partial charge is 0.248 e. The first-order valence-electron chi connectivity index (χ1n) is 6.49. The average molecular weight is 291 g/mol. The lowest BCUT2D eigenvalue weighted by molar-refractivity contribution is 1.37. The number of benzene rings is 2. The highest BCUT2D eigenvalue weighted by atomic mass is 35.5. The number of aromatic nitrogens is 1. The van der Waals surface area contributed by atoms with Crippen LogP contribution in [0, 0.1) is 11.3 Å². The summed E-state index contributed by atoms with van der Waals surface area (Å²) in [7, 11) is 0. The fourth-order valence-electron chi connectivity index (χ4n) is 2.05. The zero-order valence-electron chi connectivity index (χ0n) is 11.1. The van der Waals surface area contributed by atoms with Crippen molar-refractivity contribution >= 4 is 34.7 Å². The van der Waals surface area contributed by atoms with Crippen LogP contribution in [0.5, 0.6) is 0 Å². The van der Waals surface area contributed by atoms with Crippen LogP contribution in [0.25, 0.3) is 23.1 Å². The molecule has 0 radical (unpaired) electrons. The molecule has 1 heterocycles. The lowest BCUT2D eigenvalue weighted by atomic mass is 10.1. The van der Waals surface area contributed by atoms with Crippen molar-refractivity contribution in [3.63, 3.8) is 0 Å². The van der Waals surface area contributed by atoms with Crippen molar-refractivity contribution < 1.29 is 0 Å². The van der Waals surface area contributed by atoms with E-state index in [2.05, 4.69) is 11.1 Å². The van der Waals surface area contributed by atoms with Gasteiger partial charge in [0.05, 0.1) is 22.8 Å². The van der Waals surface area contributed by atoms with Gasteiger partial charge in [-0.15, -0.1) is 0 Å². The number of pyridine rings is 1. The smallest absolute Gasteiger partial charge is 0.0991 e. The predicted molar refractivity (Wildman–Crippen MR) is 86.8 cm³/mol. The van der Waals surface area contributed by atoms with Crippen molar-refractivity contribution in [1.29, 1.82) is 5.26 Å². The third-order valence-corrected chi connectivity index (χ3v) is 3.40. The molecule has 0 N–H and O–H groups in total. The Balaban J connectivity index is 1.89. The first-order chi connectivity index (χ1) is 10.2.